The monoisotopic (exact) mass is 308 g/mol. The van der Waals surface area contributed by atoms with Crippen LogP contribution in [0.2, 0.25) is 0 Å². The lowest BCUT2D eigenvalue weighted by Gasteiger charge is -2.10. The zero-order valence-corrected chi connectivity index (χ0v) is 13.4. The van der Waals surface area contributed by atoms with E-state index in [0.29, 0.717) is 35.1 Å². The number of rotatable bonds is 6. The number of amides is 1. The molecule has 4 heteroatoms. The van der Waals surface area contributed by atoms with Gasteiger partial charge in [-0.1, -0.05) is 26.0 Å². The Kier molecular flexibility index (Phi) is 5.76. The molecule has 0 aliphatic rings. The molecule has 2 rings (SSSR count). The van der Waals surface area contributed by atoms with E-state index in [4.69, 9.17) is 10.00 Å². The topological polar surface area (TPSA) is 62.1 Å². The summed E-state index contributed by atoms with van der Waals surface area (Å²) >= 11 is 0. The van der Waals surface area contributed by atoms with Crippen molar-refractivity contribution in [2.45, 2.75) is 20.3 Å². The first kappa shape index (κ1) is 16.6. The quantitative estimate of drug-likeness (QED) is 0.868. The molecule has 0 saturated heterocycles. The Morgan fingerprint density at radius 1 is 1.22 bits per heavy atom. The van der Waals surface area contributed by atoms with Gasteiger partial charge in [0.1, 0.15) is 5.75 Å². The van der Waals surface area contributed by atoms with E-state index in [1.54, 1.807) is 42.5 Å². The Hall–Kier alpha value is -2.80. The highest BCUT2D eigenvalue weighted by molar-refractivity contribution is 6.04. The second kappa shape index (κ2) is 8.00. The van der Waals surface area contributed by atoms with Crippen LogP contribution in [-0.2, 0) is 0 Å². The van der Waals surface area contributed by atoms with Gasteiger partial charge in [-0.3, -0.25) is 4.79 Å². The van der Waals surface area contributed by atoms with E-state index in [0.717, 1.165) is 6.42 Å². The van der Waals surface area contributed by atoms with E-state index in [-0.39, 0.29) is 5.91 Å². The Labute approximate surface area is 136 Å². The Bertz CT molecular complexity index is 717. The Morgan fingerprint density at radius 3 is 2.74 bits per heavy atom. The van der Waals surface area contributed by atoms with Gasteiger partial charge in [0.2, 0.25) is 0 Å². The summed E-state index contributed by atoms with van der Waals surface area (Å²) in [4.78, 5) is 12.3. The number of hydrogen-bond donors (Lipinski definition) is 1. The fourth-order valence-corrected chi connectivity index (χ4v) is 2.01. The summed E-state index contributed by atoms with van der Waals surface area (Å²) in [5.41, 5.74) is 1.63. The van der Waals surface area contributed by atoms with Gasteiger partial charge in [-0.05, 0) is 48.7 Å². The van der Waals surface area contributed by atoms with Gasteiger partial charge >= 0.3 is 0 Å². The number of ether oxygens (including phenoxy) is 1. The molecule has 23 heavy (non-hydrogen) atoms. The summed E-state index contributed by atoms with van der Waals surface area (Å²) in [5, 5.41) is 11.7. The second-order valence-electron chi connectivity index (χ2n) is 5.71. The SMILES string of the molecule is CC(C)CCOc1cccc(C(=O)Nc2cccc(C#N)c2)c1. The van der Waals surface area contributed by atoms with Crippen molar-refractivity contribution in [2.75, 3.05) is 11.9 Å². The van der Waals surface area contributed by atoms with Crippen molar-refractivity contribution in [3.05, 3.63) is 59.7 Å². The molecule has 0 radical (unpaired) electrons. The maximum Gasteiger partial charge on any atom is 0.255 e. The molecule has 0 spiro atoms. The number of carbonyl (C=O) groups is 1. The van der Waals surface area contributed by atoms with Crippen LogP contribution in [0.15, 0.2) is 48.5 Å². The zero-order valence-electron chi connectivity index (χ0n) is 13.4. The third kappa shape index (κ3) is 5.15. The van der Waals surface area contributed by atoms with Gasteiger partial charge in [0.05, 0.1) is 18.2 Å². The van der Waals surface area contributed by atoms with Crippen molar-refractivity contribution >= 4 is 11.6 Å². The zero-order chi connectivity index (χ0) is 16.7. The number of anilines is 1. The highest BCUT2D eigenvalue weighted by Gasteiger charge is 2.08. The van der Waals surface area contributed by atoms with E-state index in [1.165, 1.54) is 0 Å². The van der Waals surface area contributed by atoms with Crippen LogP contribution in [0.1, 0.15) is 36.2 Å². The summed E-state index contributed by atoms with van der Waals surface area (Å²) in [7, 11) is 0. The predicted octanol–water partition coefficient (Wildman–Crippen LogP) is 4.24. The summed E-state index contributed by atoms with van der Waals surface area (Å²) in [6.45, 7) is 4.91. The van der Waals surface area contributed by atoms with Gasteiger partial charge in [-0.25, -0.2) is 0 Å². The summed E-state index contributed by atoms with van der Waals surface area (Å²) in [5.74, 6) is 1.03. The minimum absolute atomic E-state index is 0.227. The smallest absolute Gasteiger partial charge is 0.255 e. The van der Waals surface area contributed by atoms with Gasteiger partial charge < -0.3 is 10.1 Å². The van der Waals surface area contributed by atoms with Gasteiger partial charge in [-0.2, -0.15) is 5.26 Å². The highest BCUT2D eigenvalue weighted by atomic mass is 16.5. The number of nitriles is 1. The van der Waals surface area contributed by atoms with Gasteiger partial charge in [-0.15, -0.1) is 0 Å². The molecule has 0 aliphatic carbocycles. The van der Waals surface area contributed by atoms with E-state index in [1.807, 2.05) is 6.07 Å². The van der Waals surface area contributed by atoms with Crippen molar-refractivity contribution in [3.63, 3.8) is 0 Å². The molecule has 0 saturated carbocycles. The van der Waals surface area contributed by atoms with Crippen molar-refractivity contribution < 1.29 is 9.53 Å². The van der Waals surface area contributed by atoms with Crippen molar-refractivity contribution in [1.82, 2.24) is 0 Å². The molecule has 0 heterocycles. The van der Waals surface area contributed by atoms with Crippen molar-refractivity contribution in [1.29, 1.82) is 5.26 Å². The largest absolute Gasteiger partial charge is 0.494 e. The molecule has 0 fully saturated rings. The summed E-state index contributed by atoms with van der Waals surface area (Å²) in [6.07, 6.45) is 0.970. The van der Waals surface area contributed by atoms with Gasteiger partial charge in [0.25, 0.3) is 5.91 Å². The lowest BCUT2D eigenvalue weighted by molar-refractivity contribution is 0.102. The molecule has 1 N–H and O–H groups in total. The standard InChI is InChI=1S/C19H20N2O2/c1-14(2)9-10-23-18-8-4-6-16(12-18)19(22)21-17-7-3-5-15(11-17)13-20/h3-8,11-12,14H,9-10H2,1-2H3,(H,21,22). The maximum absolute atomic E-state index is 12.3. The lowest BCUT2D eigenvalue weighted by Crippen LogP contribution is -2.12. The average molecular weight is 308 g/mol. The first-order valence-electron chi connectivity index (χ1n) is 7.63. The second-order valence-corrected chi connectivity index (χ2v) is 5.71. The minimum atomic E-state index is -0.227. The first-order valence-corrected chi connectivity index (χ1v) is 7.63. The van der Waals surface area contributed by atoms with Crippen LogP contribution in [0.4, 0.5) is 5.69 Å². The van der Waals surface area contributed by atoms with E-state index < -0.39 is 0 Å². The molecule has 0 aromatic heterocycles. The maximum atomic E-state index is 12.3. The number of hydrogen-bond acceptors (Lipinski definition) is 3. The van der Waals surface area contributed by atoms with Crippen LogP contribution in [0.25, 0.3) is 0 Å². The predicted molar refractivity (Wildman–Crippen MR) is 90.5 cm³/mol. The Balaban J connectivity index is 2.03. The molecule has 0 aliphatic heterocycles. The fraction of sp³-hybridized carbons (Fsp3) is 0.263. The molecule has 118 valence electrons. The Morgan fingerprint density at radius 2 is 2.00 bits per heavy atom. The van der Waals surface area contributed by atoms with Crippen LogP contribution in [0, 0.1) is 17.2 Å². The number of nitrogens with zero attached hydrogens (tertiary/aromatic N) is 1. The normalized spacial score (nSPS) is 10.2. The third-order valence-electron chi connectivity index (χ3n) is 3.31. The average Bonchev–Trinajstić information content (AvgIpc) is 2.55. The minimum Gasteiger partial charge on any atom is -0.494 e. The van der Waals surface area contributed by atoms with Gasteiger partial charge in [0.15, 0.2) is 0 Å². The third-order valence-corrected chi connectivity index (χ3v) is 3.31. The number of carbonyl (C=O) groups excluding carboxylic acids is 1. The molecular weight excluding hydrogens is 288 g/mol. The van der Waals surface area contributed by atoms with Crippen LogP contribution < -0.4 is 10.1 Å². The highest BCUT2D eigenvalue weighted by Crippen LogP contribution is 2.17. The van der Waals surface area contributed by atoms with Crippen molar-refractivity contribution in [3.8, 4) is 11.8 Å². The lowest BCUT2D eigenvalue weighted by atomic mass is 10.1. The van der Waals surface area contributed by atoms with E-state index in [2.05, 4.69) is 25.2 Å². The van der Waals surface area contributed by atoms with Gasteiger partial charge in [0, 0.05) is 11.3 Å². The van der Waals surface area contributed by atoms with Crippen LogP contribution >= 0.6 is 0 Å². The molecule has 2 aromatic rings. The van der Waals surface area contributed by atoms with Crippen LogP contribution in [0.5, 0.6) is 5.75 Å². The van der Waals surface area contributed by atoms with Crippen molar-refractivity contribution in [2.24, 2.45) is 5.92 Å². The first-order chi connectivity index (χ1) is 11.1. The van der Waals surface area contributed by atoms with Crippen LogP contribution in [-0.4, -0.2) is 12.5 Å². The summed E-state index contributed by atoms with van der Waals surface area (Å²) < 4.78 is 5.67. The molecule has 0 atom stereocenters. The summed E-state index contributed by atoms with van der Waals surface area (Å²) in [6, 6.07) is 16.0. The molecule has 4 nitrogen and oxygen atoms in total. The molecule has 0 bridgehead atoms. The van der Waals surface area contributed by atoms with E-state index in [9.17, 15) is 4.79 Å². The molecule has 1 amide bonds. The number of nitrogens with one attached hydrogen (secondary N) is 1. The fourth-order valence-electron chi connectivity index (χ4n) is 2.01. The van der Waals surface area contributed by atoms with E-state index >= 15 is 0 Å². The number of benzene rings is 2. The molecular formula is C19H20N2O2. The molecule has 2 aromatic carbocycles. The van der Waals surface area contributed by atoms with Crippen LogP contribution in [0.3, 0.4) is 0 Å². The molecule has 0 unspecified atom stereocenters.